The first kappa shape index (κ1) is 12.4. The molecule has 4 nitrogen and oxygen atoms in total. The van der Waals surface area contributed by atoms with E-state index in [1.54, 1.807) is 6.07 Å². The second-order valence-corrected chi connectivity index (χ2v) is 4.87. The van der Waals surface area contributed by atoms with Crippen LogP contribution in [0.3, 0.4) is 0 Å². The molecule has 1 saturated heterocycles. The number of carboxylic acids is 1. The molecule has 0 aliphatic carbocycles. The minimum absolute atomic E-state index is 0.303. The first-order valence-corrected chi connectivity index (χ1v) is 5.73. The first-order valence-electron chi connectivity index (χ1n) is 5.36. The summed E-state index contributed by atoms with van der Waals surface area (Å²) in [5.74, 6) is -0.988. The van der Waals surface area contributed by atoms with Crippen LogP contribution < -0.4 is 5.73 Å². The van der Waals surface area contributed by atoms with E-state index in [2.05, 4.69) is 0 Å². The van der Waals surface area contributed by atoms with Gasteiger partial charge in [0.15, 0.2) is 0 Å². The molecule has 1 fully saturated rings. The molecule has 5 heteroatoms. The van der Waals surface area contributed by atoms with Crippen molar-refractivity contribution < 1.29 is 14.6 Å². The van der Waals surface area contributed by atoms with Crippen molar-refractivity contribution in [1.29, 1.82) is 0 Å². The van der Waals surface area contributed by atoms with Crippen molar-refractivity contribution in [1.82, 2.24) is 0 Å². The van der Waals surface area contributed by atoms with Crippen LogP contribution in [0.1, 0.15) is 12.0 Å². The highest BCUT2D eigenvalue weighted by Gasteiger charge is 2.42. The summed E-state index contributed by atoms with van der Waals surface area (Å²) in [6, 6.07) is 6.54. The zero-order chi connectivity index (χ0) is 12.5. The van der Waals surface area contributed by atoms with Crippen LogP contribution in [0.5, 0.6) is 0 Å². The number of aliphatic carboxylic acids is 1. The Bertz CT molecular complexity index is 432. The van der Waals surface area contributed by atoms with Gasteiger partial charge in [-0.15, -0.1) is 0 Å². The SMILES string of the molecule is NC(CC1(c2cccc(Cl)c2)COC1)C(=O)O. The topological polar surface area (TPSA) is 72.5 Å². The van der Waals surface area contributed by atoms with Crippen molar-refractivity contribution in [2.45, 2.75) is 17.9 Å². The lowest BCUT2D eigenvalue weighted by Crippen LogP contribution is -2.51. The molecule has 1 aliphatic heterocycles. The summed E-state index contributed by atoms with van der Waals surface area (Å²) in [7, 11) is 0. The third kappa shape index (κ3) is 2.44. The number of nitrogens with two attached hydrogens (primary N) is 1. The summed E-state index contributed by atoms with van der Waals surface area (Å²) in [5, 5.41) is 9.51. The second kappa shape index (κ2) is 4.64. The van der Waals surface area contributed by atoms with Gasteiger partial charge in [-0.1, -0.05) is 23.7 Å². The van der Waals surface area contributed by atoms with Gasteiger partial charge in [0.1, 0.15) is 6.04 Å². The molecule has 1 aliphatic rings. The summed E-state index contributed by atoms with van der Waals surface area (Å²) in [6.07, 6.45) is 0.364. The molecule has 0 saturated carbocycles. The summed E-state index contributed by atoms with van der Waals surface area (Å²) in [4.78, 5) is 10.8. The highest BCUT2D eigenvalue weighted by molar-refractivity contribution is 6.30. The molecule has 1 heterocycles. The van der Waals surface area contributed by atoms with Gasteiger partial charge in [-0.25, -0.2) is 0 Å². The Balaban J connectivity index is 2.22. The van der Waals surface area contributed by atoms with E-state index in [-0.39, 0.29) is 5.41 Å². The molecule has 2 rings (SSSR count). The van der Waals surface area contributed by atoms with E-state index in [9.17, 15) is 4.79 Å². The lowest BCUT2D eigenvalue weighted by atomic mass is 9.74. The standard InChI is InChI=1S/C12H14ClNO3/c13-9-3-1-2-8(4-9)12(6-17-7-12)5-10(14)11(15)16/h1-4,10H,5-7,14H2,(H,15,16). The van der Waals surface area contributed by atoms with Gasteiger partial charge >= 0.3 is 5.97 Å². The van der Waals surface area contributed by atoms with Crippen molar-refractivity contribution >= 4 is 17.6 Å². The van der Waals surface area contributed by atoms with Crippen LogP contribution in [0.25, 0.3) is 0 Å². The fourth-order valence-corrected chi connectivity index (χ4v) is 2.27. The van der Waals surface area contributed by atoms with Crippen molar-refractivity contribution in [3.63, 3.8) is 0 Å². The Hall–Kier alpha value is -1.10. The Morgan fingerprint density at radius 1 is 1.59 bits per heavy atom. The second-order valence-electron chi connectivity index (χ2n) is 4.43. The van der Waals surface area contributed by atoms with Crippen LogP contribution in [-0.2, 0) is 14.9 Å². The maximum Gasteiger partial charge on any atom is 0.320 e. The molecule has 17 heavy (non-hydrogen) atoms. The Morgan fingerprint density at radius 2 is 2.29 bits per heavy atom. The fraction of sp³-hybridized carbons (Fsp3) is 0.417. The van der Waals surface area contributed by atoms with Crippen LogP contribution >= 0.6 is 11.6 Å². The predicted octanol–water partition coefficient (Wildman–Crippen LogP) is 1.41. The number of ether oxygens (including phenoxy) is 1. The lowest BCUT2D eigenvalue weighted by molar-refractivity contribution is -0.141. The minimum atomic E-state index is -0.988. The highest BCUT2D eigenvalue weighted by Crippen LogP contribution is 2.37. The van der Waals surface area contributed by atoms with E-state index in [0.29, 0.717) is 24.7 Å². The van der Waals surface area contributed by atoms with E-state index in [4.69, 9.17) is 27.2 Å². The van der Waals surface area contributed by atoms with Crippen LogP contribution in [-0.4, -0.2) is 30.3 Å². The Morgan fingerprint density at radius 3 is 2.76 bits per heavy atom. The molecule has 0 bridgehead atoms. The van der Waals surface area contributed by atoms with Crippen molar-refractivity contribution in [3.05, 3.63) is 34.9 Å². The minimum Gasteiger partial charge on any atom is -0.480 e. The maximum atomic E-state index is 10.8. The average molecular weight is 256 g/mol. The average Bonchev–Trinajstić information content (AvgIpc) is 2.22. The number of carboxylic acid groups (broad SMARTS) is 1. The molecule has 3 N–H and O–H groups in total. The molecule has 0 spiro atoms. The zero-order valence-corrected chi connectivity index (χ0v) is 9.98. The van der Waals surface area contributed by atoms with E-state index < -0.39 is 12.0 Å². The van der Waals surface area contributed by atoms with E-state index >= 15 is 0 Å². The monoisotopic (exact) mass is 255 g/mol. The smallest absolute Gasteiger partial charge is 0.320 e. The van der Waals surface area contributed by atoms with Gasteiger partial charge in [0.2, 0.25) is 0 Å². The molecule has 0 aromatic heterocycles. The van der Waals surface area contributed by atoms with Crippen LogP contribution in [0.4, 0.5) is 0 Å². The number of hydrogen-bond donors (Lipinski definition) is 2. The maximum absolute atomic E-state index is 10.8. The van der Waals surface area contributed by atoms with Crippen LogP contribution in [0.2, 0.25) is 5.02 Å². The molecule has 1 atom stereocenters. The Labute approximate surface area is 104 Å². The molecular formula is C12H14ClNO3. The van der Waals surface area contributed by atoms with Gasteiger partial charge in [-0.2, -0.15) is 0 Å². The van der Waals surface area contributed by atoms with Gasteiger partial charge in [0.25, 0.3) is 0 Å². The van der Waals surface area contributed by atoms with Gasteiger partial charge in [0, 0.05) is 10.4 Å². The molecule has 1 unspecified atom stereocenters. The van der Waals surface area contributed by atoms with Crippen molar-refractivity contribution in [2.75, 3.05) is 13.2 Å². The first-order chi connectivity index (χ1) is 8.03. The summed E-state index contributed by atoms with van der Waals surface area (Å²) >= 11 is 5.94. The van der Waals surface area contributed by atoms with Gasteiger partial charge in [-0.3, -0.25) is 4.79 Å². The van der Waals surface area contributed by atoms with Gasteiger partial charge in [0.05, 0.1) is 13.2 Å². The molecule has 1 aromatic carbocycles. The normalized spacial score (nSPS) is 19.4. The molecule has 1 aromatic rings. The van der Waals surface area contributed by atoms with Crippen LogP contribution in [0.15, 0.2) is 24.3 Å². The predicted molar refractivity (Wildman–Crippen MR) is 64.2 cm³/mol. The number of hydrogen-bond acceptors (Lipinski definition) is 3. The largest absolute Gasteiger partial charge is 0.480 e. The van der Waals surface area contributed by atoms with Crippen LogP contribution in [0, 0.1) is 0 Å². The van der Waals surface area contributed by atoms with Crippen molar-refractivity contribution in [3.8, 4) is 0 Å². The Kier molecular flexibility index (Phi) is 3.38. The third-order valence-corrected chi connectivity index (χ3v) is 3.36. The van der Waals surface area contributed by atoms with Crippen molar-refractivity contribution in [2.24, 2.45) is 5.73 Å². The fourth-order valence-electron chi connectivity index (χ4n) is 2.08. The molecular weight excluding hydrogens is 242 g/mol. The quantitative estimate of drug-likeness (QED) is 0.853. The molecule has 0 amide bonds. The zero-order valence-electron chi connectivity index (χ0n) is 9.23. The molecule has 0 radical (unpaired) electrons. The highest BCUT2D eigenvalue weighted by atomic mass is 35.5. The molecule has 92 valence electrons. The number of benzene rings is 1. The van der Waals surface area contributed by atoms with Gasteiger partial charge in [-0.05, 0) is 24.1 Å². The van der Waals surface area contributed by atoms with Gasteiger partial charge < -0.3 is 15.6 Å². The number of carbonyl (C=O) groups is 1. The van der Waals surface area contributed by atoms with E-state index in [0.717, 1.165) is 5.56 Å². The summed E-state index contributed by atoms with van der Waals surface area (Å²) < 4.78 is 5.22. The third-order valence-electron chi connectivity index (χ3n) is 3.12. The number of halogens is 1. The lowest BCUT2D eigenvalue weighted by Gasteiger charge is -2.43. The van der Waals surface area contributed by atoms with E-state index in [1.165, 1.54) is 0 Å². The summed E-state index contributed by atoms with van der Waals surface area (Å²) in [5.41, 5.74) is 6.29. The summed E-state index contributed by atoms with van der Waals surface area (Å²) in [6.45, 7) is 0.989. The van der Waals surface area contributed by atoms with E-state index in [1.807, 2.05) is 18.2 Å². The number of rotatable bonds is 4.